The highest BCUT2D eigenvalue weighted by Crippen LogP contribution is 2.30. The number of hydrogen-bond donors (Lipinski definition) is 1. The van der Waals surface area contributed by atoms with Gasteiger partial charge in [0.1, 0.15) is 5.75 Å². The van der Waals surface area contributed by atoms with Gasteiger partial charge in [-0.05, 0) is 43.1 Å². The molecule has 0 aliphatic carbocycles. The van der Waals surface area contributed by atoms with Crippen LogP contribution in [0.4, 0.5) is 0 Å². The third-order valence-corrected chi connectivity index (χ3v) is 4.59. The molecule has 1 aromatic carbocycles. The second kappa shape index (κ2) is 5.19. The summed E-state index contributed by atoms with van der Waals surface area (Å²) < 4.78 is 6.57. The average molecular weight is 311 g/mol. The summed E-state index contributed by atoms with van der Waals surface area (Å²) in [7, 11) is 1.75. The largest absolute Gasteiger partial charge is 0.496 e. The Balaban J connectivity index is 1.71. The molecular formula is C14H19BrN2O. The molecule has 1 N–H and O–H groups in total. The Hall–Kier alpha value is -0.580. The monoisotopic (exact) mass is 310 g/mol. The quantitative estimate of drug-likeness (QED) is 0.925. The lowest BCUT2D eigenvalue weighted by Crippen LogP contribution is -2.25. The number of ether oxygens (including phenoxy) is 1. The number of methoxy groups -OCH3 is 1. The van der Waals surface area contributed by atoms with Crippen LogP contribution in [-0.2, 0) is 6.54 Å². The lowest BCUT2D eigenvalue weighted by molar-refractivity contribution is 0.298. The second-order valence-electron chi connectivity index (χ2n) is 5.33. The number of benzene rings is 1. The maximum atomic E-state index is 5.44. The van der Waals surface area contributed by atoms with Crippen LogP contribution in [0.1, 0.15) is 5.56 Å². The summed E-state index contributed by atoms with van der Waals surface area (Å²) in [6.07, 6.45) is 0. The van der Waals surface area contributed by atoms with Crippen LogP contribution in [0.3, 0.4) is 0 Å². The van der Waals surface area contributed by atoms with Gasteiger partial charge in [-0.3, -0.25) is 4.90 Å². The maximum absolute atomic E-state index is 5.44. The van der Waals surface area contributed by atoms with Crippen LogP contribution in [0, 0.1) is 11.8 Å². The molecule has 18 heavy (non-hydrogen) atoms. The molecule has 2 heterocycles. The summed E-state index contributed by atoms with van der Waals surface area (Å²) >= 11 is 3.54. The summed E-state index contributed by atoms with van der Waals surface area (Å²) in [6.45, 7) is 5.81. The molecular weight excluding hydrogens is 292 g/mol. The average Bonchev–Trinajstić information content (AvgIpc) is 2.90. The molecule has 2 fully saturated rings. The van der Waals surface area contributed by atoms with E-state index in [0.717, 1.165) is 28.6 Å². The molecule has 1 aromatic rings. The van der Waals surface area contributed by atoms with Gasteiger partial charge in [-0.2, -0.15) is 0 Å². The summed E-state index contributed by atoms with van der Waals surface area (Å²) in [6, 6.07) is 6.24. The van der Waals surface area contributed by atoms with Crippen LogP contribution in [0.2, 0.25) is 0 Å². The Labute approximate surface area is 117 Å². The molecule has 2 saturated heterocycles. The van der Waals surface area contributed by atoms with E-state index in [9.17, 15) is 0 Å². The number of likely N-dealkylation sites (tertiary alicyclic amines) is 1. The number of rotatable bonds is 3. The van der Waals surface area contributed by atoms with Gasteiger partial charge >= 0.3 is 0 Å². The van der Waals surface area contributed by atoms with E-state index in [2.05, 4.69) is 32.2 Å². The van der Waals surface area contributed by atoms with Crippen molar-refractivity contribution in [2.24, 2.45) is 11.8 Å². The SMILES string of the molecule is COc1ccc(Br)cc1CN1C[C@H]2CNC[C@H]2C1. The van der Waals surface area contributed by atoms with Gasteiger partial charge in [0.25, 0.3) is 0 Å². The Morgan fingerprint density at radius 1 is 1.33 bits per heavy atom. The van der Waals surface area contributed by atoms with Crippen LogP contribution in [0.15, 0.2) is 22.7 Å². The first-order chi connectivity index (χ1) is 8.76. The first-order valence-electron chi connectivity index (χ1n) is 6.52. The fraction of sp³-hybridized carbons (Fsp3) is 0.571. The second-order valence-corrected chi connectivity index (χ2v) is 6.24. The molecule has 2 atom stereocenters. The van der Waals surface area contributed by atoms with Crippen molar-refractivity contribution in [1.29, 1.82) is 0 Å². The molecule has 3 rings (SSSR count). The number of hydrogen-bond acceptors (Lipinski definition) is 3. The normalized spacial score (nSPS) is 27.4. The topological polar surface area (TPSA) is 24.5 Å². The molecule has 0 unspecified atom stereocenters. The molecule has 4 heteroatoms. The minimum atomic E-state index is 0.850. The smallest absolute Gasteiger partial charge is 0.123 e. The summed E-state index contributed by atoms with van der Waals surface area (Å²) in [5.41, 5.74) is 1.28. The fourth-order valence-electron chi connectivity index (χ4n) is 3.19. The number of halogens is 1. The van der Waals surface area contributed by atoms with E-state index in [-0.39, 0.29) is 0 Å². The standard InChI is InChI=1S/C14H19BrN2O/c1-18-14-3-2-13(15)4-10(14)7-17-8-11-5-16-6-12(11)9-17/h2-4,11-12,16H,5-9H2,1H3/t11-,12+. The number of nitrogens with zero attached hydrogens (tertiary/aromatic N) is 1. The highest BCUT2D eigenvalue weighted by molar-refractivity contribution is 9.10. The molecule has 0 aromatic heterocycles. The van der Waals surface area contributed by atoms with Gasteiger partial charge in [-0.25, -0.2) is 0 Å². The minimum absolute atomic E-state index is 0.850. The Morgan fingerprint density at radius 2 is 2.06 bits per heavy atom. The van der Waals surface area contributed by atoms with E-state index in [1.165, 1.54) is 31.7 Å². The molecule has 0 spiro atoms. The van der Waals surface area contributed by atoms with Gasteiger partial charge < -0.3 is 10.1 Å². The van der Waals surface area contributed by atoms with E-state index < -0.39 is 0 Å². The molecule has 0 radical (unpaired) electrons. The minimum Gasteiger partial charge on any atom is -0.496 e. The van der Waals surface area contributed by atoms with Crippen molar-refractivity contribution in [3.8, 4) is 5.75 Å². The summed E-state index contributed by atoms with van der Waals surface area (Å²) in [5, 5.41) is 3.48. The first-order valence-corrected chi connectivity index (χ1v) is 7.31. The number of fused-ring (bicyclic) bond motifs is 1. The molecule has 2 aliphatic heterocycles. The van der Waals surface area contributed by atoms with Crippen LogP contribution in [0.25, 0.3) is 0 Å². The summed E-state index contributed by atoms with van der Waals surface area (Å²) in [5.74, 6) is 2.69. The van der Waals surface area contributed by atoms with Crippen LogP contribution < -0.4 is 10.1 Å². The third-order valence-electron chi connectivity index (χ3n) is 4.10. The van der Waals surface area contributed by atoms with E-state index in [0.29, 0.717) is 0 Å². The predicted octanol–water partition coefficient (Wildman–Crippen LogP) is 2.11. The predicted molar refractivity (Wildman–Crippen MR) is 75.8 cm³/mol. The van der Waals surface area contributed by atoms with Gasteiger partial charge in [0.2, 0.25) is 0 Å². The van der Waals surface area contributed by atoms with Crippen molar-refractivity contribution in [2.75, 3.05) is 33.3 Å². The molecule has 0 amide bonds. The first kappa shape index (κ1) is 12.5. The van der Waals surface area contributed by atoms with Crippen molar-refractivity contribution >= 4 is 15.9 Å². The van der Waals surface area contributed by atoms with E-state index in [1.807, 2.05) is 12.1 Å². The zero-order chi connectivity index (χ0) is 12.5. The molecule has 3 nitrogen and oxygen atoms in total. The molecule has 0 saturated carbocycles. The number of nitrogens with one attached hydrogen (secondary N) is 1. The third kappa shape index (κ3) is 2.42. The maximum Gasteiger partial charge on any atom is 0.123 e. The molecule has 2 aliphatic rings. The van der Waals surface area contributed by atoms with Crippen molar-refractivity contribution < 1.29 is 4.74 Å². The molecule has 98 valence electrons. The van der Waals surface area contributed by atoms with Gasteiger partial charge in [-0.15, -0.1) is 0 Å². The van der Waals surface area contributed by atoms with Crippen LogP contribution in [0.5, 0.6) is 5.75 Å². The van der Waals surface area contributed by atoms with Crippen molar-refractivity contribution in [2.45, 2.75) is 6.54 Å². The molecule has 0 bridgehead atoms. The fourth-order valence-corrected chi connectivity index (χ4v) is 3.60. The zero-order valence-electron chi connectivity index (χ0n) is 10.7. The van der Waals surface area contributed by atoms with E-state index >= 15 is 0 Å². The van der Waals surface area contributed by atoms with Crippen LogP contribution in [-0.4, -0.2) is 38.2 Å². The van der Waals surface area contributed by atoms with E-state index in [4.69, 9.17) is 4.74 Å². The van der Waals surface area contributed by atoms with Gasteiger partial charge in [-0.1, -0.05) is 15.9 Å². The van der Waals surface area contributed by atoms with Gasteiger partial charge in [0.15, 0.2) is 0 Å². The zero-order valence-corrected chi connectivity index (χ0v) is 12.2. The Bertz CT molecular complexity index is 426. The van der Waals surface area contributed by atoms with Crippen molar-refractivity contribution in [1.82, 2.24) is 10.2 Å². The highest BCUT2D eigenvalue weighted by Gasteiger charge is 2.35. The van der Waals surface area contributed by atoms with Crippen molar-refractivity contribution in [3.63, 3.8) is 0 Å². The highest BCUT2D eigenvalue weighted by atomic mass is 79.9. The Morgan fingerprint density at radius 3 is 2.72 bits per heavy atom. The lowest BCUT2D eigenvalue weighted by Gasteiger charge is -2.19. The van der Waals surface area contributed by atoms with E-state index in [1.54, 1.807) is 7.11 Å². The summed E-state index contributed by atoms with van der Waals surface area (Å²) in [4.78, 5) is 2.56. The Kier molecular flexibility index (Phi) is 3.59. The van der Waals surface area contributed by atoms with Crippen LogP contribution >= 0.6 is 15.9 Å². The van der Waals surface area contributed by atoms with Gasteiger partial charge in [0.05, 0.1) is 7.11 Å². The van der Waals surface area contributed by atoms with Gasteiger partial charge in [0, 0.05) is 29.7 Å². The lowest BCUT2D eigenvalue weighted by atomic mass is 10.0. The van der Waals surface area contributed by atoms with Crippen molar-refractivity contribution in [3.05, 3.63) is 28.2 Å².